The molecule has 0 aliphatic carbocycles. The molecule has 0 aliphatic heterocycles. The number of methoxy groups -OCH3 is 1. The molecule has 2 aromatic rings. The third-order valence-corrected chi connectivity index (χ3v) is 3.73. The molecular formula is C14H18N4O2S. The Kier molecular flexibility index (Phi) is 5.77. The van der Waals surface area contributed by atoms with E-state index in [0.717, 1.165) is 5.69 Å². The average Bonchev–Trinajstić information content (AvgIpc) is 2.95. The molecule has 0 fully saturated rings. The van der Waals surface area contributed by atoms with Crippen molar-refractivity contribution in [3.8, 4) is 5.69 Å². The molecule has 7 heteroatoms. The number of nitrogens with zero attached hydrogens (tertiary/aromatic N) is 3. The van der Waals surface area contributed by atoms with Gasteiger partial charge in [-0.25, -0.2) is 0 Å². The Bertz CT molecular complexity index is 583. The lowest BCUT2D eigenvalue weighted by Gasteiger charge is -2.07. The van der Waals surface area contributed by atoms with E-state index in [0.29, 0.717) is 24.1 Å². The van der Waals surface area contributed by atoms with E-state index in [2.05, 4.69) is 15.5 Å². The van der Waals surface area contributed by atoms with Gasteiger partial charge in [-0.2, -0.15) is 0 Å². The van der Waals surface area contributed by atoms with Gasteiger partial charge in [-0.1, -0.05) is 29.5 Å². The predicted octanol–water partition coefficient (Wildman–Crippen LogP) is 1.43. The number of amides is 1. The highest BCUT2D eigenvalue weighted by Crippen LogP contribution is 2.19. The molecule has 0 spiro atoms. The van der Waals surface area contributed by atoms with E-state index in [4.69, 9.17) is 4.74 Å². The van der Waals surface area contributed by atoms with Crippen molar-refractivity contribution >= 4 is 17.7 Å². The molecule has 1 amide bonds. The number of ether oxygens (including phenoxy) is 1. The minimum atomic E-state index is -0.0458. The Morgan fingerprint density at radius 3 is 2.86 bits per heavy atom. The zero-order chi connectivity index (χ0) is 15.1. The van der Waals surface area contributed by atoms with Crippen molar-refractivity contribution in [2.45, 2.75) is 12.1 Å². The molecule has 0 unspecified atom stereocenters. The molecule has 2 rings (SSSR count). The van der Waals surface area contributed by atoms with Crippen LogP contribution >= 0.6 is 11.8 Å². The molecule has 0 saturated carbocycles. The zero-order valence-electron chi connectivity index (χ0n) is 12.1. The van der Waals surface area contributed by atoms with Gasteiger partial charge in [-0.05, 0) is 19.1 Å². The number of benzene rings is 1. The molecular weight excluding hydrogens is 288 g/mol. The summed E-state index contributed by atoms with van der Waals surface area (Å²) in [5, 5.41) is 11.4. The van der Waals surface area contributed by atoms with Crippen molar-refractivity contribution in [2.24, 2.45) is 0 Å². The van der Waals surface area contributed by atoms with Gasteiger partial charge in [0, 0.05) is 19.3 Å². The Morgan fingerprint density at radius 2 is 2.14 bits per heavy atom. The fourth-order valence-electron chi connectivity index (χ4n) is 1.68. The maximum atomic E-state index is 11.7. The largest absolute Gasteiger partial charge is 0.383 e. The topological polar surface area (TPSA) is 69.0 Å². The van der Waals surface area contributed by atoms with Crippen molar-refractivity contribution in [2.75, 3.05) is 26.0 Å². The Hall–Kier alpha value is -1.86. The van der Waals surface area contributed by atoms with Gasteiger partial charge >= 0.3 is 0 Å². The van der Waals surface area contributed by atoms with Gasteiger partial charge in [0.15, 0.2) is 5.16 Å². The first kappa shape index (κ1) is 15.5. The molecule has 0 bridgehead atoms. The first-order valence-corrected chi connectivity index (χ1v) is 7.55. The van der Waals surface area contributed by atoms with Crippen LogP contribution in [-0.4, -0.2) is 46.7 Å². The lowest BCUT2D eigenvalue weighted by atomic mass is 10.2. The molecule has 0 radical (unpaired) electrons. The Balaban J connectivity index is 1.94. The minimum absolute atomic E-state index is 0.0458. The van der Waals surface area contributed by atoms with Gasteiger partial charge < -0.3 is 10.1 Å². The molecule has 112 valence electrons. The highest BCUT2D eigenvalue weighted by molar-refractivity contribution is 7.99. The van der Waals surface area contributed by atoms with Crippen LogP contribution in [0.25, 0.3) is 5.69 Å². The van der Waals surface area contributed by atoms with Gasteiger partial charge in [0.1, 0.15) is 6.33 Å². The number of hydrogen-bond acceptors (Lipinski definition) is 5. The number of carbonyl (C=O) groups excluding carboxylic acids is 1. The third-order valence-electron chi connectivity index (χ3n) is 2.79. The highest BCUT2D eigenvalue weighted by atomic mass is 32.2. The maximum absolute atomic E-state index is 11.7. The number of nitrogens with one attached hydrogen (secondary N) is 1. The minimum Gasteiger partial charge on any atom is -0.383 e. The van der Waals surface area contributed by atoms with Gasteiger partial charge in [0.05, 0.1) is 12.4 Å². The summed E-state index contributed by atoms with van der Waals surface area (Å²) in [6, 6.07) is 8.06. The smallest absolute Gasteiger partial charge is 0.230 e. The number of aryl methyl sites for hydroxylation is 1. The van der Waals surface area contributed by atoms with E-state index in [9.17, 15) is 4.79 Å². The average molecular weight is 306 g/mol. The molecule has 21 heavy (non-hydrogen) atoms. The molecule has 0 aliphatic rings. The molecule has 0 saturated heterocycles. The van der Waals surface area contributed by atoms with Crippen LogP contribution in [0.3, 0.4) is 0 Å². The number of rotatable bonds is 7. The molecule has 1 heterocycles. The summed E-state index contributed by atoms with van der Waals surface area (Å²) in [5.74, 6) is 0.254. The second-order valence-corrected chi connectivity index (χ2v) is 5.39. The second-order valence-electron chi connectivity index (χ2n) is 4.45. The zero-order valence-corrected chi connectivity index (χ0v) is 12.9. The van der Waals surface area contributed by atoms with Crippen LogP contribution in [-0.2, 0) is 9.53 Å². The van der Waals surface area contributed by atoms with Gasteiger partial charge in [-0.3, -0.25) is 9.36 Å². The summed E-state index contributed by atoms with van der Waals surface area (Å²) in [4.78, 5) is 11.7. The first-order valence-electron chi connectivity index (χ1n) is 6.56. The van der Waals surface area contributed by atoms with E-state index in [-0.39, 0.29) is 5.91 Å². The van der Waals surface area contributed by atoms with Crippen molar-refractivity contribution in [3.63, 3.8) is 0 Å². The summed E-state index contributed by atoms with van der Waals surface area (Å²) < 4.78 is 6.75. The van der Waals surface area contributed by atoms with E-state index >= 15 is 0 Å². The van der Waals surface area contributed by atoms with Crippen molar-refractivity contribution < 1.29 is 9.53 Å². The van der Waals surface area contributed by atoms with Gasteiger partial charge in [-0.15, -0.1) is 10.2 Å². The van der Waals surface area contributed by atoms with Crippen LogP contribution in [0.15, 0.2) is 35.7 Å². The number of carbonyl (C=O) groups is 1. The van der Waals surface area contributed by atoms with Crippen molar-refractivity contribution in [1.82, 2.24) is 20.1 Å². The normalized spacial score (nSPS) is 10.6. The summed E-state index contributed by atoms with van der Waals surface area (Å²) in [5.41, 5.74) is 2.17. The monoisotopic (exact) mass is 306 g/mol. The summed E-state index contributed by atoms with van der Waals surface area (Å²) in [6.45, 7) is 3.06. The SMILES string of the molecule is COCCNC(=O)CSc1nncn1-c1ccc(C)cc1. The predicted molar refractivity (Wildman–Crippen MR) is 81.7 cm³/mol. The van der Waals surface area contributed by atoms with Crippen LogP contribution < -0.4 is 5.32 Å². The van der Waals surface area contributed by atoms with Crippen molar-refractivity contribution in [1.29, 1.82) is 0 Å². The first-order chi connectivity index (χ1) is 10.2. The second kappa shape index (κ2) is 7.80. The van der Waals surface area contributed by atoms with Gasteiger partial charge in [0.25, 0.3) is 0 Å². The van der Waals surface area contributed by atoms with E-state index in [1.165, 1.54) is 17.3 Å². The van der Waals surface area contributed by atoms with Crippen LogP contribution in [0.4, 0.5) is 0 Å². The van der Waals surface area contributed by atoms with E-state index in [1.54, 1.807) is 13.4 Å². The Morgan fingerprint density at radius 1 is 1.38 bits per heavy atom. The molecule has 6 nitrogen and oxygen atoms in total. The molecule has 1 aromatic carbocycles. The lowest BCUT2D eigenvalue weighted by molar-refractivity contribution is -0.118. The summed E-state index contributed by atoms with van der Waals surface area (Å²) in [7, 11) is 1.60. The standard InChI is InChI=1S/C14H18N4O2S/c1-11-3-5-12(6-4-11)18-10-16-17-14(18)21-9-13(19)15-7-8-20-2/h3-6,10H,7-9H2,1-2H3,(H,15,19). The lowest BCUT2D eigenvalue weighted by Crippen LogP contribution is -2.28. The summed E-state index contributed by atoms with van der Waals surface area (Å²) >= 11 is 1.36. The van der Waals surface area contributed by atoms with Crippen LogP contribution in [0.2, 0.25) is 0 Å². The third kappa shape index (κ3) is 4.57. The molecule has 0 atom stereocenters. The van der Waals surface area contributed by atoms with E-state index < -0.39 is 0 Å². The number of hydrogen-bond donors (Lipinski definition) is 1. The maximum Gasteiger partial charge on any atom is 0.230 e. The van der Waals surface area contributed by atoms with Crippen LogP contribution in [0.1, 0.15) is 5.56 Å². The number of thioether (sulfide) groups is 1. The number of aromatic nitrogens is 3. The van der Waals surface area contributed by atoms with Crippen LogP contribution in [0, 0.1) is 6.92 Å². The molecule has 1 N–H and O–H groups in total. The highest BCUT2D eigenvalue weighted by Gasteiger charge is 2.09. The van der Waals surface area contributed by atoms with Gasteiger partial charge in [0.2, 0.25) is 5.91 Å². The Labute approximate surface area is 127 Å². The fourth-order valence-corrected chi connectivity index (χ4v) is 2.44. The van der Waals surface area contributed by atoms with Crippen LogP contribution in [0.5, 0.6) is 0 Å². The van der Waals surface area contributed by atoms with Crippen molar-refractivity contribution in [3.05, 3.63) is 36.2 Å². The fraction of sp³-hybridized carbons (Fsp3) is 0.357. The quantitative estimate of drug-likeness (QED) is 0.619. The summed E-state index contributed by atoms with van der Waals surface area (Å²) in [6.07, 6.45) is 1.65. The molecule has 1 aromatic heterocycles. The van der Waals surface area contributed by atoms with E-state index in [1.807, 2.05) is 35.8 Å².